The number of anilines is 1. The van der Waals surface area contributed by atoms with Crippen molar-refractivity contribution in [1.82, 2.24) is 16.2 Å². The van der Waals surface area contributed by atoms with Crippen molar-refractivity contribution in [2.75, 3.05) is 18.5 Å². The number of benzene rings is 1. The van der Waals surface area contributed by atoms with Crippen molar-refractivity contribution in [3.8, 4) is 0 Å². The number of rotatable bonds is 7. The lowest BCUT2D eigenvalue weighted by atomic mass is 10.0. The first-order valence-electron chi connectivity index (χ1n) is 8.57. The number of hydrogen-bond donors (Lipinski definition) is 4. The van der Waals surface area contributed by atoms with Gasteiger partial charge in [0.15, 0.2) is 0 Å². The van der Waals surface area contributed by atoms with Crippen LogP contribution in [0.25, 0.3) is 0 Å². The highest BCUT2D eigenvalue weighted by Crippen LogP contribution is 2.15. The average Bonchev–Trinajstić information content (AvgIpc) is 2.56. The molecule has 0 aliphatic carbocycles. The lowest BCUT2D eigenvalue weighted by Crippen LogP contribution is -2.55. The van der Waals surface area contributed by atoms with E-state index >= 15 is 0 Å². The van der Waals surface area contributed by atoms with Gasteiger partial charge in [-0.25, -0.2) is 4.79 Å². The lowest BCUT2D eigenvalue weighted by molar-refractivity contribution is -0.129. The quantitative estimate of drug-likeness (QED) is 0.550. The summed E-state index contributed by atoms with van der Waals surface area (Å²) >= 11 is 0. The number of carbonyl (C=O) groups is 3. The van der Waals surface area contributed by atoms with E-state index in [0.29, 0.717) is 0 Å². The molecule has 0 bridgehead atoms. The van der Waals surface area contributed by atoms with Gasteiger partial charge < -0.3 is 15.4 Å². The molecule has 0 radical (unpaired) electrons. The molecule has 1 rings (SSSR count). The van der Waals surface area contributed by atoms with Crippen molar-refractivity contribution >= 4 is 23.6 Å². The van der Waals surface area contributed by atoms with E-state index in [4.69, 9.17) is 4.74 Å². The Kier molecular flexibility index (Phi) is 8.41. The Hall–Kier alpha value is -2.77. The molecule has 0 heterocycles. The molecule has 0 saturated heterocycles. The standard InChI is InChI=1S/C18H28N4O4/c1-6-26-18(25)20-16(11(2)3)17(24)22-21-15(23)10-19-14-8-7-12(4)9-13(14)5/h7-9,11,16,19H,6,10H2,1-5H3,(H,20,25)(H,21,23)(H,22,24). The Balaban J connectivity index is 2.48. The predicted octanol–water partition coefficient (Wildman–Crippen LogP) is 1.63. The number of alkyl carbamates (subject to hydrolysis) is 1. The molecule has 1 aromatic rings. The third-order valence-corrected chi connectivity index (χ3v) is 3.64. The Morgan fingerprint density at radius 1 is 1.12 bits per heavy atom. The molecule has 1 aromatic carbocycles. The zero-order valence-electron chi connectivity index (χ0n) is 15.9. The summed E-state index contributed by atoms with van der Waals surface area (Å²) in [5.74, 6) is -1.10. The minimum absolute atomic E-state index is 0.00182. The van der Waals surface area contributed by atoms with Gasteiger partial charge in [-0.3, -0.25) is 20.4 Å². The van der Waals surface area contributed by atoms with Crippen LogP contribution in [0.5, 0.6) is 0 Å². The summed E-state index contributed by atoms with van der Waals surface area (Å²) in [5.41, 5.74) is 7.67. The SMILES string of the molecule is CCOC(=O)NC(C(=O)NNC(=O)CNc1ccc(C)cc1C)C(C)C. The van der Waals surface area contributed by atoms with Gasteiger partial charge in [-0.05, 0) is 38.3 Å². The maximum atomic E-state index is 12.2. The van der Waals surface area contributed by atoms with Crippen molar-refractivity contribution in [3.63, 3.8) is 0 Å². The molecule has 0 aliphatic rings. The number of hydrogen-bond acceptors (Lipinski definition) is 5. The third-order valence-electron chi connectivity index (χ3n) is 3.64. The topological polar surface area (TPSA) is 109 Å². The van der Waals surface area contributed by atoms with Crippen LogP contribution in [-0.4, -0.2) is 37.1 Å². The number of carbonyl (C=O) groups excluding carboxylic acids is 3. The first-order chi connectivity index (χ1) is 12.2. The second kappa shape index (κ2) is 10.3. The van der Waals surface area contributed by atoms with E-state index in [2.05, 4.69) is 21.5 Å². The molecule has 0 aliphatic heterocycles. The van der Waals surface area contributed by atoms with Crippen LogP contribution in [0.15, 0.2) is 18.2 Å². The Morgan fingerprint density at radius 3 is 2.38 bits per heavy atom. The molecule has 144 valence electrons. The van der Waals surface area contributed by atoms with Crippen molar-refractivity contribution < 1.29 is 19.1 Å². The van der Waals surface area contributed by atoms with E-state index in [9.17, 15) is 14.4 Å². The first kappa shape index (κ1) is 21.3. The third kappa shape index (κ3) is 7.00. The second-order valence-electron chi connectivity index (χ2n) is 6.30. The van der Waals surface area contributed by atoms with Crippen molar-refractivity contribution in [2.45, 2.75) is 40.7 Å². The highest BCUT2D eigenvalue weighted by molar-refractivity contribution is 5.89. The summed E-state index contributed by atoms with van der Waals surface area (Å²) in [7, 11) is 0. The monoisotopic (exact) mass is 364 g/mol. The van der Waals surface area contributed by atoms with Gasteiger partial charge in [-0.1, -0.05) is 31.5 Å². The smallest absolute Gasteiger partial charge is 0.407 e. The van der Waals surface area contributed by atoms with Gasteiger partial charge in [0, 0.05) is 5.69 Å². The molecule has 0 saturated carbocycles. The summed E-state index contributed by atoms with van der Waals surface area (Å²) < 4.78 is 4.78. The fourth-order valence-corrected chi connectivity index (χ4v) is 2.28. The second-order valence-corrected chi connectivity index (χ2v) is 6.30. The van der Waals surface area contributed by atoms with Gasteiger partial charge in [-0.2, -0.15) is 0 Å². The van der Waals surface area contributed by atoms with Gasteiger partial charge in [0.05, 0.1) is 13.2 Å². The van der Waals surface area contributed by atoms with Crippen LogP contribution in [0.4, 0.5) is 10.5 Å². The molecule has 0 spiro atoms. The number of nitrogens with one attached hydrogen (secondary N) is 4. The number of hydrazine groups is 1. The van der Waals surface area contributed by atoms with E-state index in [1.807, 2.05) is 32.0 Å². The largest absolute Gasteiger partial charge is 0.450 e. The Labute approximate surface area is 154 Å². The Morgan fingerprint density at radius 2 is 1.81 bits per heavy atom. The minimum atomic E-state index is -0.818. The van der Waals surface area contributed by atoms with E-state index in [1.165, 1.54) is 0 Å². The van der Waals surface area contributed by atoms with Gasteiger partial charge in [0.2, 0.25) is 0 Å². The molecule has 1 atom stereocenters. The van der Waals surface area contributed by atoms with Crippen LogP contribution >= 0.6 is 0 Å². The molecule has 0 aromatic heterocycles. The predicted molar refractivity (Wildman–Crippen MR) is 99.5 cm³/mol. The molecule has 8 heteroatoms. The molecular formula is C18H28N4O4. The van der Waals surface area contributed by atoms with Gasteiger partial charge >= 0.3 is 6.09 Å². The van der Waals surface area contributed by atoms with Crippen molar-refractivity contribution in [3.05, 3.63) is 29.3 Å². The van der Waals surface area contributed by atoms with Gasteiger partial charge in [-0.15, -0.1) is 0 Å². The fraction of sp³-hybridized carbons (Fsp3) is 0.500. The lowest BCUT2D eigenvalue weighted by Gasteiger charge is -2.21. The first-order valence-corrected chi connectivity index (χ1v) is 8.57. The number of ether oxygens (including phenoxy) is 1. The van der Waals surface area contributed by atoms with Crippen LogP contribution in [0.2, 0.25) is 0 Å². The van der Waals surface area contributed by atoms with Crippen molar-refractivity contribution in [1.29, 1.82) is 0 Å². The van der Waals surface area contributed by atoms with E-state index in [1.54, 1.807) is 20.8 Å². The molecule has 1 unspecified atom stereocenters. The van der Waals surface area contributed by atoms with Gasteiger partial charge in [0.1, 0.15) is 6.04 Å². The Bertz CT molecular complexity index is 646. The number of aryl methyl sites for hydroxylation is 2. The summed E-state index contributed by atoms with van der Waals surface area (Å²) in [5, 5.41) is 5.48. The summed E-state index contributed by atoms with van der Waals surface area (Å²) in [6.45, 7) is 9.38. The highest BCUT2D eigenvalue weighted by atomic mass is 16.5. The average molecular weight is 364 g/mol. The molecular weight excluding hydrogens is 336 g/mol. The zero-order chi connectivity index (χ0) is 19.7. The van der Waals surface area contributed by atoms with E-state index in [-0.39, 0.29) is 19.1 Å². The van der Waals surface area contributed by atoms with Crippen LogP contribution in [-0.2, 0) is 14.3 Å². The fourth-order valence-electron chi connectivity index (χ4n) is 2.28. The molecule has 26 heavy (non-hydrogen) atoms. The van der Waals surface area contributed by atoms with Crippen molar-refractivity contribution in [2.24, 2.45) is 5.92 Å². The minimum Gasteiger partial charge on any atom is -0.450 e. The molecule has 8 nitrogen and oxygen atoms in total. The molecule has 3 amide bonds. The number of amides is 3. The van der Waals surface area contributed by atoms with Crippen LogP contribution in [0, 0.1) is 19.8 Å². The molecule has 0 fully saturated rings. The van der Waals surface area contributed by atoms with Crippen LogP contribution in [0.3, 0.4) is 0 Å². The summed E-state index contributed by atoms with van der Waals surface area (Å²) in [6.07, 6.45) is -0.677. The van der Waals surface area contributed by atoms with Crippen LogP contribution < -0.4 is 21.5 Å². The maximum Gasteiger partial charge on any atom is 0.407 e. The van der Waals surface area contributed by atoms with Gasteiger partial charge in [0.25, 0.3) is 11.8 Å². The summed E-state index contributed by atoms with van der Waals surface area (Å²) in [6, 6.07) is 5.04. The normalized spacial score (nSPS) is 11.5. The molecule has 4 N–H and O–H groups in total. The van der Waals surface area contributed by atoms with E-state index in [0.717, 1.165) is 16.8 Å². The highest BCUT2D eigenvalue weighted by Gasteiger charge is 2.25. The zero-order valence-corrected chi connectivity index (χ0v) is 15.9. The van der Waals surface area contributed by atoms with Crippen LogP contribution in [0.1, 0.15) is 31.9 Å². The maximum absolute atomic E-state index is 12.2. The van der Waals surface area contributed by atoms with E-state index < -0.39 is 23.9 Å². The summed E-state index contributed by atoms with van der Waals surface area (Å²) in [4.78, 5) is 35.6.